The Bertz CT molecular complexity index is 540. The Labute approximate surface area is 151 Å². The van der Waals surface area contributed by atoms with Crippen molar-refractivity contribution in [1.29, 1.82) is 0 Å². The molecule has 2 amide bonds. The van der Waals surface area contributed by atoms with Crippen LogP contribution in [-0.2, 0) is 27.9 Å². The lowest BCUT2D eigenvalue weighted by Gasteiger charge is -2.30. The molecule has 6 nitrogen and oxygen atoms in total. The van der Waals surface area contributed by atoms with E-state index in [0.717, 1.165) is 18.5 Å². The topological polar surface area (TPSA) is 54.8 Å². The predicted molar refractivity (Wildman–Crippen MR) is 99.1 cm³/mol. The van der Waals surface area contributed by atoms with Crippen LogP contribution in [0, 0.1) is 0 Å². The zero-order chi connectivity index (χ0) is 18.8. The van der Waals surface area contributed by atoms with Gasteiger partial charge in [-0.25, -0.2) is 0 Å². The van der Waals surface area contributed by atoms with Gasteiger partial charge in [0.1, 0.15) is 0 Å². The van der Waals surface area contributed by atoms with E-state index < -0.39 is 0 Å². The molecule has 1 aromatic heterocycles. The molecular formula is C19H33N3O3. The average molecular weight is 351 g/mol. The maximum absolute atomic E-state index is 12.8. The molecule has 0 aliphatic heterocycles. The van der Waals surface area contributed by atoms with Crippen LogP contribution >= 0.6 is 0 Å². The number of methoxy groups -OCH3 is 1. The monoisotopic (exact) mass is 351 g/mol. The second kappa shape index (κ2) is 10.9. The number of rotatable bonds is 11. The van der Waals surface area contributed by atoms with Crippen LogP contribution in [0.2, 0.25) is 0 Å². The third-order valence-corrected chi connectivity index (χ3v) is 4.32. The summed E-state index contributed by atoms with van der Waals surface area (Å²) in [6, 6.07) is 3.97. The third-order valence-electron chi connectivity index (χ3n) is 4.32. The fraction of sp³-hybridized carbons (Fsp3) is 0.684. The Kier molecular flexibility index (Phi) is 9.27. The molecule has 1 rings (SSSR count). The van der Waals surface area contributed by atoms with Gasteiger partial charge < -0.3 is 19.1 Å². The molecule has 0 radical (unpaired) electrons. The van der Waals surface area contributed by atoms with Crippen LogP contribution in [0.1, 0.15) is 45.7 Å². The van der Waals surface area contributed by atoms with E-state index in [1.807, 2.05) is 43.8 Å². The summed E-state index contributed by atoms with van der Waals surface area (Å²) in [6.07, 6.45) is 4.28. The quantitative estimate of drug-likeness (QED) is 0.615. The summed E-state index contributed by atoms with van der Waals surface area (Å²) in [5.74, 6) is 0.00700. The Morgan fingerprint density at radius 2 is 2.00 bits per heavy atom. The average Bonchev–Trinajstić information content (AvgIpc) is 2.98. The van der Waals surface area contributed by atoms with Gasteiger partial charge in [0.25, 0.3) is 0 Å². The highest BCUT2D eigenvalue weighted by molar-refractivity contribution is 5.85. The van der Waals surface area contributed by atoms with Crippen LogP contribution in [0.5, 0.6) is 0 Å². The van der Waals surface area contributed by atoms with Gasteiger partial charge in [0, 0.05) is 45.1 Å². The minimum atomic E-state index is -0.0446. The molecule has 142 valence electrons. The number of hydrogen-bond acceptors (Lipinski definition) is 3. The van der Waals surface area contributed by atoms with Gasteiger partial charge in [0.15, 0.2) is 0 Å². The lowest BCUT2D eigenvalue weighted by molar-refractivity contribution is -0.142. The number of unbranched alkanes of at least 4 members (excludes halogenated alkanes) is 1. The lowest BCUT2D eigenvalue weighted by atomic mass is 10.2. The molecule has 1 aromatic rings. The minimum Gasteiger partial charge on any atom is -0.383 e. The van der Waals surface area contributed by atoms with E-state index in [2.05, 4.69) is 6.92 Å². The summed E-state index contributed by atoms with van der Waals surface area (Å²) in [6.45, 7) is 7.58. The number of carbonyl (C=O) groups excluding carboxylic acids is 2. The van der Waals surface area contributed by atoms with Crippen LogP contribution in [-0.4, -0.2) is 59.0 Å². The van der Waals surface area contributed by atoms with Gasteiger partial charge >= 0.3 is 0 Å². The summed E-state index contributed by atoms with van der Waals surface area (Å²) >= 11 is 0. The van der Waals surface area contributed by atoms with E-state index in [1.165, 1.54) is 0 Å². The van der Waals surface area contributed by atoms with Gasteiger partial charge in [0.05, 0.1) is 19.7 Å². The van der Waals surface area contributed by atoms with Crippen molar-refractivity contribution in [3.63, 3.8) is 0 Å². The zero-order valence-electron chi connectivity index (χ0n) is 16.3. The first-order chi connectivity index (χ1) is 11.9. The molecule has 1 heterocycles. The predicted octanol–water partition coefficient (Wildman–Crippen LogP) is 2.43. The van der Waals surface area contributed by atoms with Crippen LogP contribution in [0.3, 0.4) is 0 Å². The van der Waals surface area contributed by atoms with Crippen molar-refractivity contribution in [2.24, 2.45) is 7.05 Å². The number of aryl methyl sites for hydroxylation is 1. The van der Waals surface area contributed by atoms with Gasteiger partial charge in [-0.15, -0.1) is 0 Å². The highest BCUT2D eigenvalue weighted by Gasteiger charge is 2.23. The molecule has 6 heteroatoms. The Morgan fingerprint density at radius 1 is 1.28 bits per heavy atom. The first-order valence-corrected chi connectivity index (χ1v) is 9.07. The highest BCUT2D eigenvalue weighted by Crippen LogP contribution is 2.10. The van der Waals surface area contributed by atoms with Gasteiger partial charge in [-0.05, 0) is 32.4 Å². The van der Waals surface area contributed by atoms with Crippen molar-refractivity contribution in [2.75, 3.05) is 26.8 Å². The standard InChI is InChI=1S/C19H33N3O3/c1-6-7-10-18(23)22(16(2)3)15-19(24)21(12-13-25-5)14-17-9-8-11-20(17)4/h8-9,11,16H,6-7,10,12-15H2,1-5H3. The van der Waals surface area contributed by atoms with Crippen molar-refractivity contribution >= 4 is 11.8 Å². The number of carbonyl (C=O) groups is 2. The minimum absolute atomic E-state index is 0.00705. The van der Waals surface area contributed by atoms with Crippen molar-refractivity contribution in [1.82, 2.24) is 14.4 Å². The number of ether oxygens (including phenoxy) is 1. The van der Waals surface area contributed by atoms with Crippen LogP contribution in [0.15, 0.2) is 18.3 Å². The Morgan fingerprint density at radius 3 is 2.52 bits per heavy atom. The number of nitrogens with zero attached hydrogens (tertiary/aromatic N) is 3. The molecule has 0 unspecified atom stereocenters. The first-order valence-electron chi connectivity index (χ1n) is 9.07. The zero-order valence-corrected chi connectivity index (χ0v) is 16.3. The van der Waals surface area contributed by atoms with Crippen molar-refractivity contribution < 1.29 is 14.3 Å². The lowest BCUT2D eigenvalue weighted by Crippen LogP contribution is -2.46. The van der Waals surface area contributed by atoms with Crippen molar-refractivity contribution in [3.8, 4) is 0 Å². The molecule has 0 aromatic carbocycles. The highest BCUT2D eigenvalue weighted by atomic mass is 16.5. The molecule has 0 atom stereocenters. The second-order valence-electron chi connectivity index (χ2n) is 6.64. The molecule has 0 aliphatic rings. The fourth-order valence-electron chi connectivity index (χ4n) is 2.63. The second-order valence-corrected chi connectivity index (χ2v) is 6.64. The molecule has 0 aliphatic carbocycles. The fourth-order valence-corrected chi connectivity index (χ4v) is 2.63. The molecule has 0 fully saturated rings. The molecule has 0 saturated heterocycles. The van der Waals surface area contributed by atoms with Crippen LogP contribution in [0.25, 0.3) is 0 Å². The molecule has 0 spiro atoms. The largest absolute Gasteiger partial charge is 0.383 e. The maximum Gasteiger partial charge on any atom is 0.242 e. The SMILES string of the molecule is CCCCC(=O)N(CC(=O)N(CCOC)Cc1cccn1C)C(C)C. The van der Waals surface area contributed by atoms with Crippen molar-refractivity contribution in [2.45, 2.75) is 52.6 Å². The Balaban J connectivity index is 2.80. The van der Waals surface area contributed by atoms with E-state index in [9.17, 15) is 9.59 Å². The third kappa shape index (κ3) is 6.90. The molecule has 25 heavy (non-hydrogen) atoms. The summed E-state index contributed by atoms with van der Waals surface area (Å²) in [7, 11) is 3.59. The van der Waals surface area contributed by atoms with E-state index in [0.29, 0.717) is 26.1 Å². The van der Waals surface area contributed by atoms with E-state index in [-0.39, 0.29) is 24.4 Å². The van der Waals surface area contributed by atoms with Crippen molar-refractivity contribution in [3.05, 3.63) is 24.0 Å². The summed E-state index contributed by atoms with van der Waals surface area (Å²) < 4.78 is 7.14. The Hall–Kier alpha value is -1.82. The first kappa shape index (κ1) is 21.2. The molecule has 0 saturated carbocycles. The summed E-state index contributed by atoms with van der Waals surface area (Å²) in [5, 5.41) is 0. The van der Waals surface area contributed by atoms with Gasteiger partial charge in [0.2, 0.25) is 11.8 Å². The van der Waals surface area contributed by atoms with E-state index >= 15 is 0 Å². The maximum atomic E-state index is 12.8. The molecular weight excluding hydrogens is 318 g/mol. The smallest absolute Gasteiger partial charge is 0.242 e. The van der Waals surface area contributed by atoms with E-state index in [1.54, 1.807) is 16.9 Å². The molecule has 0 bridgehead atoms. The van der Waals surface area contributed by atoms with Gasteiger partial charge in [-0.3, -0.25) is 9.59 Å². The van der Waals surface area contributed by atoms with Crippen LogP contribution in [0.4, 0.5) is 0 Å². The number of hydrogen-bond donors (Lipinski definition) is 0. The molecule has 0 N–H and O–H groups in total. The van der Waals surface area contributed by atoms with Gasteiger partial charge in [-0.1, -0.05) is 13.3 Å². The van der Waals surface area contributed by atoms with Gasteiger partial charge in [-0.2, -0.15) is 0 Å². The summed E-state index contributed by atoms with van der Waals surface area (Å²) in [4.78, 5) is 28.7. The summed E-state index contributed by atoms with van der Waals surface area (Å²) in [5.41, 5.74) is 1.05. The normalized spacial score (nSPS) is 11.0. The van der Waals surface area contributed by atoms with Crippen LogP contribution < -0.4 is 0 Å². The number of amides is 2. The van der Waals surface area contributed by atoms with E-state index in [4.69, 9.17) is 4.74 Å². The number of aromatic nitrogens is 1.